The van der Waals surface area contributed by atoms with E-state index in [-0.39, 0.29) is 0 Å². The Balaban J connectivity index is 2.43. The molecule has 2 rings (SSSR count). The highest BCUT2D eigenvalue weighted by Crippen LogP contribution is 2.29. The first-order valence-corrected chi connectivity index (χ1v) is 3.99. The molecule has 0 bridgehead atoms. The number of rotatable bonds is 0. The highest BCUT2D eigenvalue weighted by atomic mass is 32.1. The maximum Gasteiger partial charge on any atom is 0.145 e. The lowest BCUT2D eigenvalue weighted by molar-refractivity contribution is 0.375. The predicted molar refractivity (Wildman–Crippen MR) is 52.6 cm³/mol. The van der Waals surface area contributed by atoms with Crippen molar-refractivity contribution in [1.29, 1.82) is 0 Å². The van der Waals surface area contributed by atoms with Gasteiger partial charge in [-0.05, 0) is 12.1 Å². The molecule has 1 aliphatic heterocycles. The third-order valence-electron chi connectivity index (χ3n) is 1.64. The van der Waals surface area contributed by atoms with Crippen LogP contribution in [0.4, 0.5) is 11.4 Å². The average molecular weight is 180 g/mol. The summed E-state index contributed by atoms with van der Waals surface area (Å²) >= 11 is 4.95. The molecule has 3 nitrogen and oxygen atoms in total. The van der Waals surface area contributed by atoms with E-state index < -0.39 is 0 Å². The average Bonchev–Trinajstić information content (AvgIpc) is 2.05. The smallest absolute Gasteiger partial charge is 0.145 e. The molecule has 4 heteroatoms. The molecule has 0 spiro atoms. The lowest BCUT2D eigenvalue weighted by Crippen LogP contribution is -2.23. The molecule has 1 aromatic carbocycles. The number of thiocarbonyl (C=S) groups is 1. The van der Waals surface area contributed by atoms with Crippen LogP contribution < -0.4 is 15.8 Å². The van der Waals surface area contributed by atoms with E-state index in [0.717, 1.165) is 11.4 Å². The van der Waals surface area contributed by atoms with Gasteiger partial charge < -0.3 is 15.8 Å². The van der Waals surface area contributed by atoms with Gasteiger partial charge in [-0.25, -0.2) is 0 Å². The SMILES string of the molecule is Nc1ccc2c(c1)OCC(=S)N2. The lowest BCUT2D eigenvalue weighted by atomic mass is 10.2. The van der Waals surface area contributed by atoms with E-state index in [9.17, 15) is 0 Å². The minimum atomic E-state index is 0.436. The first-order chi connectivity index (χ1) is 5.75. The van der Waals surface area contributed by atoms with Gasteiger partial charge in [0.05, 0.1) is 5.69 Å². The second kappa shape index (κ2) is 2.64. The Morgan fingerprint density at radius 1 is 1.50 bits per heavy atom. The topological polar surface area (TPSA) is 47.3 Å². The Morgan fingerprint density at radius 3 is 3.17 bits per heavy atom. The molecule has 0 amide bonds. The van der Waals surface area contributed by atoms with Crippen LogP contribution in [0.15, 0.2) is 18.2 Å². The minimum absolute atomic E-state index is 0.436. The Labute approximate surface area is 75.5 Å². The summed E-state index contributed by atoms with van der Waals surface area (Å²) in [5.41, 5.74) is 7.16. The molecule has 0 aromatic heterocycles. The second-order valence-electron chi connectivity index (χ2n) is 2.59. The number of ether oxygens (including phenoxy) is 1. The fraction of sp³-hybridized carbons (Fsp3) is 0.125. The number of benzene rings is 1. The number of hydrogen-bond donors (Lipinski definition) is 2. The van der Waals surface area contributed by atoms with Crippen LogP contribution in [0.5, 0.6) is 5.75 Å². The fourth-order valence-corrected chi connectivity index (χ4v) is 1.26. The molecule has 0 unspecified atom stereocenters. The summed E-state index contributed by atoms with van der Waals surface area (Å²) in [6.07, 6.45) is 0. The molecule has 1 heterocycles. The van der Waals surface area contributed by atoms with Gasteiger partial charge in [0.25, 0.3) is 0 Å². The molecule has 0 fully saturated rings. The van der Waals surface area contributed by atoms with Gasteiger partial charge in [0.1, 0.15) is 17.3 Å². The Bertz CT molecular complexity index is 338. The normalized spacial score (nSPS) is 14.5. The predicted octanol–water partition coefficient (Wildman–Crippen LogP) is 1.40. The number of nitrogen functional groups attached to an aromatic ring is 1. The molecule has 0 atom stereocenters. The first-order valence-electron chi connectivity index (χ1n) is 3.58. The van der Waals surface area contributed by atoms with Crippen LogP contribution in [0.1, 0.15) is 0 Å². The van der Waals surface area contributed by atoms with Crippen LogP contribution in [0.3, 0.4) is 0 Å². The van der Waals surface area contributed by atoms with E-state index in [2.05, 4.69) is 5.32 Å². The van der Waals surface area contributed by atoms with Gasteiger partial charge in [0.15, 0.2) is 0 Å². The molecule has 0 radical (unpaired) electrons. The van der Waals surface area contributed by atoms with Crippen molar-refractivity contribution in [3.8, 4) is 5.75 Å². The van der Waals surface area contributed by atoms with E-state index >= 15 is 0 Å². The summed E-state index contributed by atoms with van der Waals surface area (Å²) in [5, 5.41) is 3.04. The summed E-state index contributed by atoms with van der Waals surface area (Å²) in [6.45, 7) is 0.436. The molecule has 3 N–H and O–H groups in total. The fourth-order valence-electron chi connectivity index (χ4n) is 1.09. The summed E-state index contributed by atoms with van der Waals surface area (Å²) in [5.74, 6) is 0.767. The van der Waals surface area contributed by atoms with Crippen LogP contribution in [0.25, 0.3) is 0 Å². The standard InChI is InChI=1S/C8H8N2OS/c9-5-1-2-6-7(3-5)11-4-8(12)10-6/h1-3H,4,9H2,(H,10,12). The van der Waals surface area contributed by atoms with Crippen molar-refractivity contribution in [3.63, 3.8) is 0 Å². The van der Waals surface area contributed by atoms with E-state index in [4.69, 9.17) is 22.7 Å². The van der Waals surface area contributed by atoms with Gasteiger partial charge in [0.2, 0.25) is 0 Å². The zero-order valence-corrected chi connectivity index (χ0v) is 7.15. The molecule has 1 aliphatic rings. The Hall–Kier alpha value is -1.29. The number of anilines is 2. The molecule has 0 aliphatic carbocycles. The third-order valence-corrected chi connectivity index (χ3v) is 1.86. The second-order valence-corrected chi connectivity index (χ2v) is 3.09. The maximum absolute atomic E-state index is 5.58. The summed E-state index contributed by atoms with van der Waals surface area (Å²) in [7, 11) is 0. The molecule has 0 saturated carbocycles. The summed E-state index contributed by atoms with van der Waals surface area (Å²) < 4.78 is 5.33. The lowest BCUT2D eigenvalue weighted by Gasteiger charge is -2.19. The monoisotopic (exact) mass is 180 g/mol. The maximum atomic E-state index is 5.58. The Morgan fingerprint density at radius 2 is 2.33 bits per heavy atom. The molecular weight excluding hydrogens is 172 g/mol. The highest BCUT2D eigenvalue weighted by Gasteiger charge is 2.12. The van der Waals surface area contributed by atoms with Crippen LogP contribution in [-0.4, -0.2) is 11.6 Å². The van der Waals surface area contributed by atoms with Gasteiger partial charge in [0, 0.05) is 11.8 Å². The zero-order chi connectivity index (χ0) is 8.55. The van der Waals surface area contributed by atoms with Crippen molar-refractivity contribution in [1.82, 2.24) is 0 Å². The molecule has 0 saturated heterocycles. The van der Waals surface area contributed by atoms with Crippen LogP contribution in [-0.2, 0) is 0 Å². The van der Waals surface area contributed by atoms with Crippen LogP contribution in [0.2, 0.25) is 0 Å². The van der Waals surface area contributed by atoms with Gasteiger partial charge in [-0.1, -0.05) is 12.2 Å². The number of fused-ring (bicyclic) bond motifs is 1. The quantitative estimate of drug-likeness (QED) is 0.468. The van der Waals surface area contributed by atoms with E-state index in [1.807, 2.05) is 12.1 Å². The van der Waals surface area contributed by atoms with Crippen molar-refractivity contribution in [3.05, 3.63) is 18.2 Å². The number of nitrogens with two attached hydrogens (primary N) is 1. The summed E-state index contributed by atoms with van der Waals surface area (Å²) in [6, 6.07) is 5.45. The van der Waals surface area contributed by atoms with Crippen molar-refractivity contribution >= 4 is 28.6 Å². The Kier molecular flexibility index (Phi) is 1.62. The van der Waals surface area contributed by atoms with Crippen LogP contribution in [0, 0.1) is 0 Å². The molecular formula is C8H8N2OS. The van der Waals surface area contributed by atoms with Crippen molar-refractivity contribution in [2.75, 3.05) is 17.7 Å². The van der Waals surface area contributed by atoms with Crippen LogP contribution >= 0.6 is 12.2 Å². The van der Waals surface area contributed by atoms with E-state index in [1.165, 1.54) is 0 Å². The molecule has 1 aromatic rings. The van der Waals surface area contributed by atoms with Gasteiger partial charge in [-0.3, -0.25) is 0 Å². The van der Waals surface area contributed by atoms with E-state index in [0.29, 0.717) is 17.3 Å². The molecule has 12 heavy (non-hydrogen) atoms. The minimum Gasteiger partial charge on any atom is -0.484 e. The molecule has 62 valence electrons. The van der Waals surface area contributed by atoms with Gasteiger partial charge >= 0.3 is 0 Å². The summed E-state index contributed by atoms with van der Waals surface area (Å²) in [4.78, 5) is 0.701. The number of hydrogen-bond acceptors (Lipinski definition) is 3. The highest BCUT2D eigenvalue weighted by molar-refractivity contribution is 7.80. The van der Waals surface area contributed by atoms with Crippen molar-refractivity contribution < 1.29 is 4.74 Å². The first kappa shape index (κ1) is 7.36. The van der Waals surface area contributed by atoms with E-state index in [1.54, 1.807) is 6.07 Å². The third kappa shape index (κ3) is 1.21. The number of nitrogens with one attached hydrogen (secondary N) is 1. The van der Waals surface area contributed by atoms with Gasteiger partial charge in [-0.15, -0.1) is 0 Å². The zero-order valence-electron chi connectivity index (χ0n) is 6.33. The van der Waals surface area contributed by atoms with Gasteiger partial charge in [-0.2, -0.15) is 0 Å². The largest absolute Gasteiger partial charge is 0.484 e. The van der Waals surface area contributed by atoms with Crippen molar-refractivity contribution in [2.45, 2.75) is 0 Å². The van der Waals surface area contributed by atoms with Crippen molar-refractivity contribution in [2.24, 2.45) is 0 Å².